The molecule has 1 aliphatic carbocycles. The number of benzene rings is 2. The summed E-state index contributed by atoms with van der Waals surface area (Å²) in [5.74, 6) is -0.413. The lowest BCUT2D eigenvalue weighted by atomic mass is 9.70. The van der Waals surface area contributed by atoms with E-state index in [0.29, 0.717) is 5.57 Å². The highest BCUT2D eigenvalue weighted by molar-refractivity contribution is 7.92. The van der Waals surface area contributed by atoms with E-state index >= 15 is 0 Å². The van der Waals surface area contributed by atoms with E-state index in [0.717, 1.165) is 36.0 Å². The molecule has 0 aromatic heterocycles. The van der Waals surface area contributed by atoms with Crippen LogP contribution in [0.4, 0.5) is 0 Å². The van der Waals surface area contributed by atoms with E-state index in [1.165, 1.54) is 6.92 Å². The van der Waals surface area contributed by atoms with Crippen LogP contribution in [0.5, 0.6) is 0 Å². The molecule has 2 aromatic rings. The van der Waals surface area contributed by atoms with Gasteiger partial charge < -0.3 is 4.74 Å². The average molecular weight is 613 g/mol. The first-order valence-corrected chi connectivity index (χ1v) is 17.5. The highest BCUT2D eigenvalue weighted by Gasteiger charge is 2.40. The fourth-order valence-electron chi connectivity index (χ4n) is 5.92. The average Bonchev–Trinajstić information content (AvgIpc) is 2.92. The second-order valence-corrected chi connectivity index (χ2v) is 16.2. The van der Waals surface area contributed by atoms with E-state index in [4.69, 9.17) is 4.74 Å². The van der Waals surface area contributed by atoms with Crippen LogP contribution >= 0.6 is 0 Å². The van der Waals surface area contributed by atoms with E-state index in [1.807, 2.05) is 20.8 Å². The monoisotopic (exact) mass is 612 g/mol. The molecule has 0 spiro atoms. The molecule has 0 fully saturated rings. The van der Waals surface area contributed by atoms with Crippen LogP contribution in [-0.4, -0.2) is 39.9 Å². The SMILES string of the molecule is CC(=O)OC/C=C(\C)CC(/C=C(\C)CC(C1=C(C)CCCC1(C)C)S(=O)(=O)c1ccccc1)S(=O)(=O)c1ccccc1. The molecule has 0 amide bonds. The number of hydrogen-bond acceptors (Lipinski definition) is 6. The van der Waals surface area contributed by atoms with Crippen LogP contribution in [0.3, 0.4) is 0 Å². The van der Waals surface area contributed by atoms with Gasteiger partial charge in [-0.05, 0) is 94.2 Å². The summed E-state index contributed by atoms with van der Waals surface area (Å²) in [6, 6.07) is 16.8. The van der Waals surface area contributed by atoms with Crippen molar-refractivity contribution in [1.29, 1.82) is 0 Å². The third kappa shape index (κ3) is 8.32. The predicted molar refractivity (Wildman–Crippen MR) is 169 cm³/mol. The Morgan fingerprint density at radius 3 is 1.93 bits per heavy atom. The Kier molecular flexibility index (Phi) is 11.2. The maximum absolute atomic E-state index is 14.2. The molecule has 2 unspecified atom stereocenters. The van der Waals surface area contributed by atoms with Gasteiger partial charge in [0.05, 0.1) is 20.3 Å². The van der Waals surface area contributed by atoms with Gasteiger partial charge >= 0.3 is 5.97 Å². The zero-order valence-electron chi connectivity index (χ0n) is 25.6. The number of carbonyl (C=O) groups is 1. The second-order valence-electron chi connectivity index (χ2n) is 11.9. The van der Waals surface area contributed by atoms with Gasteiger partial charge in [-0.2, -0.15) is 0 Å². The molecule has 0 heterocycles. The molecule has 0 aliphatic heterocycles. The van der Waals surface area contributed by atoms with Crippen molar-refractivity contribution >= 4 is 25.6 Å². The van der Waals surface area contributed by atoms with Crippen LogP contribution in [0.25, 0.3) is 0 Å². The second kappa shape index (κ2) is 14.0. The number of ether oxygens (including phenoxy) is 1. The molecule has 6 nitrogen and oxygen atoms in total. The van der Waals surface area contributed by atoms with Crippen molar-refractivity contribution in [2.24, 2.45) is 5.41 Å². The molecule has 0 radical (unpaired) electrons. The molecule has 228 valence electrons. The first-order chi connectivity index (χ1) is 19.7. The fraction of sp³-hybridized carbons (Fsp3) is 0.441. The lowest BCUT2D eigenvalue weighted by molar-refractivity contribution is -0.139. The van der Waals surface area contributed by atoms with Crippen LogP contribution in [-0.2, 0) is 29.2 Å². The highest BCUT2D eigenvalue weighted by Crippen LogP contribution is 2.46. The summed E-state index contributed by atoms with van der Waals surface area (Å²) in [6.45, 7) is 11.3. The van der Waals surface area contributed by atoms with Gasteiger partial charge in [0.1, 0.15) is 6.61 Å². The molecule has 2 atom stereocenters. The van der Waals surface area contributed by atoms with E-state index in [1.54, 1.807) is 72.8 Å². The van der Waals surface area contributed by atoms with Gasteiger partial charge in [0.2, 0.25) is 0 Å². The van der Waals surface area contributed by atoms with Crippen molar-refractivity contribution in [3.05, 3.63) is 95.1 Å². The summed E-state index contributed by atoms with van der Waals surface area (Å²) in [5, 5.41) is -1.74. The van der Waals surface area contributed by atoms with Crippen LogP contribution in [0.2, 0.25) is 0 Å². The Labute approximate surface area is 252 Å². The van der Waals surface area contributed by atoms with Gasteiger partial charge in [-0.15, -0.1) is 0 Å². The fourth-order valence-corrected chi connectivity index (χ4v) is 9.88. The Hall–Kier alpha value is -2.97. The largest absolute Gasteiger partial charge is 0.462 e. The van der Waals surface area contributed by atoms with Crippen LogP contribution in [0, 0.1) is 5.41 Å². The van der Waals surface area contributed by atoms with E-state index in [9.17, 15) is 21.6 Å². The summed E-state index contributed by atoms with van der Waals surface area (Å²) in [6.07, 6.45) is 6.53. The standard InChI is InChI=1S/C34H44O6S2/c1-25(19-21-40-28(4)35)22-31(41(36,37)29-15-9-7-10-16-29)23-26(2)24-32(33-27(3)14-13-20-34(33,5)6)42(38,39)30-17-11-8-12-18-30/h7-12,15-19,23,31-32H,13-14,20-22,24H2,1-6H3/b25-19+,26-23+. The van der Waals surface area contributed by atoms with Crippen molar-refractivity contribution < 1.29 is 26.4 Å². The van der Waals surface area contributed by atoms with Crippen molar-refractivity contribution in [2.75, 3.05) is 6.61 Å². The Morgan fingerprint density at radius 1 is 0.857 bits per heavy atom. The maximum Gasteiger partial charge on any atom is 0.302 e. The molecule has 0 saturated heterocycles. The molecule has 0 bridgehead atoms. The van der Waals surface area contributed by atoms with E-state index in [2.05, 4.69) is 13.8 Å². The van der Waals surface area contributed by atoms with Gasteiger partial charge in [-0.3, -0.25) is 4.79 Å². The van der Waals surface area contributed by atoms with Crippen molar-refractivity contribution in [3.63, 3.8) is 0 Å². The van der Waals surface area contributed by atoms with Crippen LogP contribution in [0.15, 0.2) is 105 Å². The number of rotatable bonds is 12. The van der Waals surface area contributed by atoms with Gasteiger partial charge in [-0.25, -0.2) is 16.8 Å². The topological polar surface area (TPSA) is 94.6 Å². The Bertz CT molecular complexity index is 1550. The molecular formula is C34H44O6S2. The van der Waals surface area contributed by atoms with Crippen LogP contribution in [0.1, 0.15) is 73.6 Å². The number of carbonyl (C=O) groups excluding carboxylic acids is 1. The first kappa shape index (κ1) is 33.5. The number of allylic oxidation sites excluding steroid dienone is 3. The molecule has 3 rings (SSSR count). The van der Waals surface area contributed by atoms with Gasteiger partial charge in [0, 0.05) is 6.92 Å². The smallest absolute Gasteiger partial charge is 0.302 e. The van der Waals surface area contributed by atoms with E-state index < -0.39 is 36.1 Å². The van der Waals surface area contributed by atoms with Gasteiger partial charge in [0.15, 0.2) is 19.7 Å². The minimum Gasteiger partial charge on any atom is -0.462 e. The summed E-state index contributed by atoms with van der Waals surface area (Å²) in [4.78, 5) is 11.7. The van der Waals surface area contributed by atoms with Crippen molar-refractivity contribution in [2.45, 2.75) is 93.9 Å². The third-order valence-electron chi connectivity index (χ3n) is 8.00. The highest BCUT2D eigenvalue weighted by atomic mass is 32.2. The molecule has 8 heteroatoms. The van der Waals surface area contributed by atoms with Gasteiger partial charge in [-0.1, -0.05) is 73.0 Å². The Balaban J connectivity index is 2.10. The summed E-state index contributed by atoms with van der Waals surface area (Å²) >= 11 is 0. The molecule has 42 heavy (non-hydrogen) atoms. The molecule has 2 aromatic carbocycles. The minimum atomic E-state index is -3.80. The predicted octanol–water partition coefficient (Wildman–Crippen LogP) is 7.43. The first-order valence-electron chi connectivity index (χ1n) is 14.4. The Morgan fingerprint density at radius 2 is 1.40 bits per heavy atom. The summed E-state index contributed by atoms with van der Waals surface area (Å²) in [5.41, 5.74) is 3.18. The van der Waals surface area contributed by atoms with Crippen LogP contribution < -0.4 is 0 Å². The molecular weight excluding hydrogens is 569 g/mol. The summed E-state index contributed by atoms with van der Waals surface area (Å²) < 4.78 is 61.2. The number of esters is 1. The molecule has 0 N–H and O–H groups in total. The third-order valence-corrected chi connectivity index (χ3v) is 12.1. The van der Waals surface area contributed by atoms with Crippen molar-refractivity contribution in [1.82, 2.24) is 0 Å². The maximum atomic E-state index is 14.2. The van der Waals surface area contributed by atoms with E-state index in [-0.39, 0.29) is 34.7 Å². The minimum absolute atomic E-state index is 0.0574. The number of hydrogen-bond donors (Lipinski definition) is 0. The normalized spacial score (nSPS) is 18.0. The lowest BCUT2D eigenvalue weighted by Crippen LogP contribution is -2.35. The van der Waals surface area contributed by atoms with Gasteiger partial charge in [0.25, 0.3) is 0 Å². The zero-order valence-corrected chi connectivity index (χ0v) is 27.2. The van der Waals surface area contributed by atoms with Crippen molar-refractivity contribution in [3.8, 4) is 0 Å². The molecule has 0 saturated carbocycles. The lowest BCUT2D eigenvalue weighted by Gasteiger charge is -2.39. The summed E-state index contributed by atoms with van der Waals surface area (Å²) in [7, 11) is -7.58. The molecule has 1 aliphatic rings. The number of sulfone groups is 2. The quantitative estimate of drug-likeness (QED) is 0.183. The zero-order chi connectivity index (χ0) is 31.1.